The molecule has 1 saturated carbocycles. The van der Waals surface area contributed by atoms with Crippen LogP contribution in [0.15, 0.2) is 0 Å². The lowest BCUT2D eigenvalue weighted by Crippen LogP contribution is -2.41. The summed E-state index contributed by atoms with van der Waals surface area (Å²) in [5, 5.41) is 0. The van der Waals surface area contributed by atoms with E-state index >= 15 is 0 Å². The van der Waals surface area contributed by atoms with Gasteiger partial charge in [-0.25, -0.2) is 0 Å². The number of Topliss-reactive ketones (excluding diaryl/α,β-unsaturated/α-hetero) is 1. The van der Waals surface area contributed by atoms with Gasteiger partial charge in [0, 0.05) is 0 Å². The Morgan fingerprint density at radius 2 is 2.14 bits per heavy atom. The highest BCUT2D eigenvalue weighted by molar-refractivity contribution is 6.03. The second-order valence-electron chi connectivity index (χ2n) is 4.04. The van der Waals surface area contributed by atoms with Gasteiger partial charge >= 0.3 is 5.97 Å². The van der Waals surface area contributed by atoms with Gasteiger partial charge in [-0.15, -0.1) is 0 Å². The minimum absolute atomic E-state index is 0.0408. The molecule has 0 radical (unpaired) electrons. The molecule has 1 aliphatic rings. The van der Waals surface area contributed by atoms with Crippen molar-refractivity contribution in [2.45, 2.75) is 40.0 Å². The number of rotatable bonds is 3. The molecule has 0 aromatic heterocycles. The first-order valence-corrected chi connectivity index (χ1v) is 5.24. The highest BCUT2D eigenvalue weighted by Gasteiger charge is 2.51. The summed E-state index contributed by atoms with van der Waals surface area (Å²) in [6.07, 6.45) is 2.54. The number of carbonyl (C=O) groups is 2. The van der Waals surface area contributed by atoms with Crippen LogP contribution in [-0.4, -0.2) is 18.4 Å². The van der Waals surface area contributed by atoms with E-state index in [0.29, 0.717) is 13.0 Å². The van der Waals surface area contributed by atoms with Gasteiger partial charge in [-0.3, -0.25) is 9.59 Å². The zero-order valence-corrected chi connectivity index (χ0v) is 9.13. The fourth-order valence-electron chi connectivity index (χ4n) is 2.41. The number of esters is 1. The third kappa shape index (κ3) is 1.56. The number of carbonyl (C=O) groups excluding carboxylic acids is 2. The van der Waals surface area contributed by atoms with E-state index in [0.717, 1.165) is 12.8 Å². The van der Waals surface area contributed by atoms with Crippen LogP contribution in [0.5, 0.6) is 0 Å². The van der Waals surface area contributed by atoms with Crippen molar-refractivity contribution in [1.29, 1.82) is 0 Å². The van der Waals surface area contributed by atoms with Crippen molar-refractivity contribution in [3.05, 3.63) is 0 Å². The van der Waals surface area contributed by atoms with Crippen molar-refractivity contribution in [2.75, 3.05) is 6.61 Å². The molecule has 0 spiro atoms. The summed E-state index contributed by atoms with van der Waals surface area (Å²) < 4.78 is 5.00. The molecule has 3 heteroatoms. The minimum Gasteiger partial charge on any atom is -0.465 e. The summed E-state index contributed by atoms with van der Waals surface area (Å²) in [5.41, 5.74) is -0.837. The average molecular weight is 198 g/mol. The lowest BCUT2D eigenvalue weighted by atomic mass is 9.75. The Balaban J connectivity index is 2.92. The molecule has 80 valence electrons. The summed E-state index contributed by atoms with van der Waals surface area (Å²) >= 11 is 0. The molecule has 0 heterocycles. The second kappa shape index (κ2) is 4.11. The van der Waals surface area contributed by atoms with Crippen LogP contribution in [0.3, 0.4) is 0 Å². The molecule has 1 fully saturated rings. The predicted molar refractivity (Wildman–Crippen MR) is 52.8 cm³/mol. The first-order chi connectivity index (χ1) is 6.55. The Bertz CT molecular complexity index is 247. The molecule has 3 nitrogen and oxygen atoms in total. The van der Waals surface area contributed by atoms with Crippen molar-refractivity contribution in [3.63, 3.8) is 0 Å². The van der Waals surface area contributed by atoms with Crippen LogP contribution in [0.25, 0.3) is 0 Å². The Morgan fingerprint density at radius 3 is 2.50 bits per heavy atom. The monoisotopic (exact) mass is 198 g/mol. The smallest absolute Gasteiger partial charge is 0.319 e. The SMILES string of the molecule is CCOC(=O)C1(C(C)=O)CCCC1C. The van der Waals surface area contributed by atoms with Crippen LogP contribution in [0.1, 0.15) is 40.0 Å². The van der Waals surface area contributed by atoms with Crippen LogP contribution < -0.4 is 0 Å². The molecule has 0 aromatic carbocycles. The minimum atomic E-state index is -0.837. The van der Waals surface area contributed by atoms with Crippen molar-refractivity contribution >= 4 is 11.8 Å². The van der Waals surface area contributed by atoms with Gasteiger partial charge in [-0.1, -0.05) is 13.3 Å². The Kier molecular flexibility index (Phi) is 3.29. The van der Waals surface area contributed by atoms with Crippen molar-refractivity contribution < 1.29 is 14.3 Å². The number of ether oxygens (including phenoxy) is 1. The maximum atomic E-state index is 11.8. The highest BCUT2D eigenvalue weighted by atomic mass is 16.5. The molecular weight excluding hydrogens is 180 g/mol. The van der Waals surface area contributed by atoms with E-state index in [4.69, 9.17) is 4.74 Å². The Hall–Kier alpha value is -0.860. The molecule has 0 bridgehead atoms. The maximum Gasteiger partial charge on any atom is 0.319 e. The topological polar surface area (TPSA) is 43.4 Å². The van der Waals surface area contributed by atoms with Crippen molar-refractivity contribution in [2.24, 2.45) is 11.3 Å². The zero-order chi connectivity index (χ0) is 10.8. The third-order valence-corrected chi connectivity index (χ3v) is 3.32. The molecule has 1 aliphatic carbocycles. The largest absolute Gasteiger partial charge is 0.465 e. The van der Waals surface area contributed by atoms with E-state index < -0.39 is 5.41 Å². The molecule has 0 aliphatic heterocycles. The molecule has 0 aromatic rings. The molecule has 14 heavy (non-hydrogen) atoms. The van der Waals surface area contributed by atoms with Crippen LogP contribution in [0.2, 0.25) is 0 Å². The Labute approximate surface area is 84.8 Å². The highest BCUT2D eigenvalue weighted by Crippen LogP contribution is 2.44. The van der Waals surface area contributed by atoms with Gasteiger partial charge in [-0.05, 0) is 32.6 Å². The van der Waals surface area contributed by atoms with Gasteiger partial charge in [0.2, 0.25) is 0 Å². The van der Waals surface area contributed by atoms with E-state index in [-0.39, 0.29) is 17.7 Å². The second-order valence-corrected chi connectivity index (χ2v) is 4.04. The number of hydrogen-bond donors (Lipinski definition) is 0. The standard InChI is InChI=1S/C11H18O3/c1-4-14-10(13)11(9(3)12)7-5-6-8(11)2/h8H,4-7H2,1-3H3. The van der Waals surface area contributed by atoms with Gasteiger partial charge in [0.15, 0.2) is 0 Å². The quantitative estimate of drug-likeness (QED) is 0.514. The van der Waals surface area contributed by atoms with Gasteiger partial charge in [0.05, 0.1) is 6.61 Å². The first kappa shape index (κ1) is 11.2. The van der Waals surface area contributed by atoms with E-state index in [2.05, 4.69) is 0 Å². The summed E-state index contributed by atoms with van der Waals surface area (Å²) in [6, 6.07) is 0. The average Bonchev–Trinajstić information content (AvgIpc) is 2.48. The molecule has 2 unspecified atom stereocenters. The summed E-state index contributed by atoms with van der Waals surface area (Å²) in [4.78, 5) is 23.4. The Morgan fingerprint density at radius 1 is 1.50 bits per heavy atom. The van der Waals surface area contributed by atoms with Crippen LogP contribution >= 0.6 is 0 Å². The third-order valence-electron chi connectivity index (χ3n) is 3.32. The van der Waals surface area contributed by atoms with Crippen molar-refractivity contribution in [3.8, 4) is 0 Å². The maximum absolute atomic E-state index is 11.8. The van der Waals surface area contributed by atoms with E-state index in [1.807, 2.05) is 6.92 Å². The molecule has 0 N–H and O–H groups in total. The van der Waals surface area contributed by atoms with Gasteiger partial charge in [-0.2, -0.15) is 0 Å². The molecular formula is C11H18O3. The summed E-state index contributed by atoms with van der Waals surface area (Å²) in [6.45, 7) is 5.58. The first-order valence-electron chi connectivity index (χ1n) is 5.24. The molecule has 2 atom stereocenters. The van der Waals surface area contributed by atoms with E-state index in [9.17, 15) is 9.59 Å². The van der Waals surface area contributed by atoms with Crippen LogP contribution in [-0.2, 0) is 14.3 Å². The van der Waals surface area contributed by atoms with Crippen molar-refractivity contribution in [1.82, 2.24) is 0 Å². The zero-order valence-electron chi connectivity index (χ0n) is 9.13. The van der Waals surface area contributed by atoms with Gasteiger partial charge < -0.3 is 4.74 Å². The van der Waals surface area contributed by atoms with Crippen LogP contribution in [0.4, 0.5) is 0 Å². The fraction of sp³-hybridized carbons (Fsp3) is 0.818. The normalized spacial score (nSPS) is 31.5. The lowest BCUT2D eigenvalue weighted by molar-refractivity contribution is -0.161. The summed E-state index contributed by atoms with van der Waals surface area (Å²) in [5.74, 6) is -0.238. The predicted octanol–water partition coefficient (Wildman–Crippen LogP) is 1.94. The number of ketones is 1. The fourth-order valence-corrected chi connectivity index (χ4v) is 2.41. The lowest BCUT2D eigenvalue weighted by Gasteiger charge is -2.28. The van der Waals surface area contributed by atoms with E-state index in [1.165, 1.54) is 6.92 Å². The van der Waals surface area contributed by atoms with Gasteiger partial charge in [0.25, 0.3) is 0 Å². The molecule has 0 saturated heterocycles. The number of hydrogen-bond acceptors (Lipinski definition) is 3. The van der Waals surface area contributed by atoms with E-state index in [1.54, 1.807) is 6.92 Å². The molecule has 1 rings (SSSR count). The summed E-state index contributed by atoms with van der Waals surface area (Å²) in [7, 11) is 0. The molecule has 0 amide bonds. The van der Waals surface area contributed by atoms with Crippen LogP contribution in [0, 0.1) is 11.3 Å². The van der Waals surface area contributed by atoms with Gasteiger partial charge in [0.1, 0.15) is 11.2 Å².